The minimum Gasteiger partial charge on any atom is -0.341 e. The average Bonchev–Trinajstić information content (AvgIpc) is 3.30. The molecule has 0 spiro atoms. The minimum absolute atomic E-state index is 0.0383. The Hall–Kier alpha value is -3.81. The van der Waals surface area contributed by atoms with E-state index >= 15 is 0 Å². The zero-order valence-corrected chi connectivity index (χ0v) is 19.1. The molecular weight excluding hydrogens is 418 g/mol. The number of amides is 3. The Morgan fingerprint density at radius 3 is 2.58 bits per heavy atom. The maximum atomic E-state index is 13.8. The summed E-state index contributed by atoms with van der Waals surface area (Å²) in [7, 11) is 3.52. The van der Waals surface area contributed by atoms with Gasteiger partial charge in [0.1, 0.15) is 0 Å². The first-order valence-corrected chi connectivity index (χ1v) is 10.8. The van der Waals surface area contributed by atoms with E-state index in [9.17, 15) is 14.4 Å². The second-order valence-corrected chi connectivity index (χ2v) is 8.67. The quantitative estimate of drug-likeness (QED) is 0.521. The molecule has 1 atom stereocenters. The lowest BCUT2D eigenvalue weighted by molar-refractivity contribution is -0.143. The fourth-order valence-electron chi connectivity index (χ4n) is 4.50. The first kappa shape index (κ1) is 22.4. The summed E-state index contributed by atoms with van der Waals surface area (Å²) >= 11 is 0. The molecule has 2 aromatic heterocycles. The number of hydrogen-bond acceptors (Lipinski definition) is 5. The van der Waals surface area contributed by atoms with Crippen molar-refractivity contribution in [3.05, 3.63) is 83.4 Å². The molecule has 1 saturated heterocycles. The Labute approximate surface area is 192 Å². The van der Waals surface area contributed by atoms with Crippen LogP contribution in [0.25, 0.3) is 0 Å². The van der Waals surface area contributed by atoms with Crippen molar-refractivity contribution in [3.8, 4) is 0 Å². The Bertz CT molecular complexity index is 1190. The molecule has 0 N–H and O–H groups in total. The molecule has 4 rings (SSSR count). The highest BCUT2D eigenvalue weighted by Gasteiger charge is 2.54. The van der Waals surface area contributed by atoms with E-state index in [1.165, 1.54) is 4.90 Å². The number of hydrogen-bond donors (Lipinski definition) is 0. The van der Waals surface area contributed by atoms with Crippen LogP contribution in [0.3, 0.4) is 0 Å². The number of benzene rings is 1. The van der Waals surface area contributed by atoms with Crippen molar-refractivity contribution in [2.75, 3.05) is 7.05 Å². The lowest BCUT2D eigenvalue weighted by atomic mass is 9.74. The highest BCUT2D eigenvalue weighted by atomic mass is 16.2. The van der Waals surface area contributed by atoms with Gasteiger partial charge < -0.3 is 4.90 Å². The molecule has 1 aliphatic rings. The second-order valence-electron chi connectivity index (χ2n) is 8.67. The van der Waals surface area contributed by atoms with Gasteiger partial charge in [-0.25, -0.2) is 0 Å². The number of imide groups is 1. The van der Waals surface area contributed by atoms with E-state index in [-0.39, 0.29) is 37.1 Å². The highest BCUT2D eigenvalue weighted by molar-refractivity contribution is 6.10. The standard InChI is InChI=1S/C25H27N5O3/c1-18-7-4-5-9-21(18)25(11-22(31)28(2)15-20-14-27-29(3)16-20)12-23(32)30(24(25)33)17-19-8-6-10-26-13-19/h4-10,13-14,16H,11-12,15,17H2,1-3H3. The molecule has 3 amide bonds. The molecule has 1 unspecified atom stereocenters. The van der Waals surface area contributed by atoms with E-state index in [0.29, 0.717) is 6.54 Å². The fourth-order valence-corrected chi connectivity index (χ4v) is 4.50. The van der Waals surface area contributed by atoms with Crippen molar-refractivity contribution < 1.29 is 14.4 Å². The molecule has 0 radical (unpaired) electrons. The van der Waals surface area contributed by atoms with Gasteiger partial charge in [-0.3, -0.25) is 28.9 Å². The van der Waals surface area contributed by atoms with E-state index in [1.807, 2.05) is 50.5 Å². The van der Waals surface area contributed by atoms with E-state index in [4.69, 9.17) is 0 Å². The monoisotopic (exact) mass is 445 g/mol. The second kappa shape index (κ2) is 8.97. The number of pyridine rings is 1. The molecule has 8 nitrogen and oxygen atoms in total. The number of carbonyl (C=O) groups is 3. The molecule has 1 aromatic carbocycles. The van der Waals surface area contributed by atoms with Crippen LogP contribution in [0.1, 0.15) is 35.1 Å². The van der Waals surface area contributed by atoms with Crippen LogP contribution in [-0.4, -0.2) is 49.3 Å². The third-order valence-corrected chi connectivity index (χ3v) is 6.19. The van der Waals surface area contributed by atoms with E-state index in [0.717, 1.165) is 22.3 Å². The fraction of sp³-hybridized carbons (Fsp3) is 0.320. The summed E-state index contributed by atoms with van der Waals surface area (Å²) < 4.78 is 1.68. The van der Waals surface area contributed by atoms with Gasteiger partial charge in [-0.1, -0.05) is 30.3 Å². The average molecular weight is 446 g/mol. The van der Waals surface area contributed by atoms with Crippen LogP contribution >= 0.6 is 0 Å². The van der Waals surface area contributed by atoms with Gasteiger partial charge in [0.2, 0.25) is 17.7 Å². The largest absolute Gasteiger partial charge is 0.341 e. The third-order valence-electron chi connectivity index (χ3n) is 6.19. The summed E-state index contributed by atoms with van der Waals surface area (Å²) in [5, 5.41) is 4.15. The molecule has 0 saturated carbocycles. The van der Waals surface area contributed by atoms with E-state index in [2.05, 4.69) is 10.1 Å². The van der Waals surface area contributed by atoms with Crippen LogP contribution in [0.4, 0.5) is 0 Å². The van der Waals surface area contributed by atoms with Gasteiger partial charge in [0.25, 0.3) is 0 Å². The normalized spacial score (nSPS) is 18.1. The van der Waals surface area contributed by atoms with Crippen LogP contribution in [0.15, 0.2) is 61.2 Å². The lowest BCUT2D eigenvalue weighted by Crippen LogP contribution is -2.42. The molecule has 1 fully saturated rings. The Balaban J connectivity index is 1.65. The third kappa shape index (κ3) is 4.41. The Kier molecular flexibility index (Phi) is 6.09. The molecule has 33 heavy (non-hydrogen) atoms. The number of likely N-dealkylation sites (tertiary alicyclic amines) is 1. The molecule has 3 aromatic rings. The summed E-state index contributed by atoms with van der Waals surface area (Å²) in [5.74, 6) is -0.824. The van der Waals surface area contributed by atoms with Crippen molar-refractivity contribution in [1.82, 2.24) is 24.6 Å². The molecule has 0 aliphatic carbocycles. The number of rotatable bonds is 7. The van der Waals surface area contributed by atoms with Gasteiger partial charge in [0.15, 0.2) is 0 Å². The van der Waals surface area contributed by atoms with Crippen molar-refractivity contribution >= 4 is 17.7 Å². The maximum Gasteiger partial charge on any atom is 0.241 e. The van der Waals surface area contributed by atoms with Gasteiger partial charge in [-0.2, -0.15) is 5.10 Å². The predicted octanol–water partition coefficient (Wildman–Crippen LogP) is 2.37. The number of carbonyl (C=O) groups excluding carboxylic acids is 3. The summed E-state index contributed by atoms with van der Waals surface area (Å²) in [4.78, 5) is 47.1. The summed E-state index contributed by atoms with van der Waals surface area (Å²) in [5.41, 5.74) is 2.03. The topological polar surface area (TPSA) is 88.4 Å². The van der Waals surface area contributed by atoms with Crippen molar-refractivity contribution in [3.63, 3.8) is 0 Å². The Morgan fingerprint density at radius 2 is 1.91 bits per heavy atom. The molecule has 1 aliphatic heterocycles. The molecule has 0 bridgehead atoms. The smallest absolute Gasteiger partial charge is 0.241 e. The van der Waals surface area contributed by atoms with Gasteiger partial charge in [-0.05, 0) is 29.7 Å². The van der Waals surface area contributed by atoms with Crippen LogP contribution < -0.4 is 0 Å². The highest BCUT2D eigenvalue weighted by Crippen LogP contribution is 2.42. The van der Waals surface area contributed by atoms with Crippen molar-refractivity contribution in [2.45, 2.75) is 38.3 Å². The minimum atomic E-state index is -1.23. The SMILES string of the molecule is Cc1ccccc1C1(CC(=O)N(C)Cc2cnn(C)c2)CC(=O)N(Cc2cccnc2)C1=O. The first-order chi connectivity index (χ1) is 15.8. The van der Waals surface area contributed by atoms with E-state index < -0.39 is 5.41 Å². The maximum absolute atomic E-state index is 13.8. The Morgan fingerprint density at radius 1 is 1.12 bits per heavy atom. The first-order valence-electron chi connectivity index (χ1n) is 10.8. The van der Waals surface area contributed by atoms with Crippen LogP contribution in [0.5, 0.6) is 0 Å². The van der Waals surface area contributed by atoms with Crippen molar-refractivity contribution in [2.24, 2.45) is 7.05 Å². The number of aryl methyl sites for hydroxylation is 2. The van der Waals surface area contributed by atoms with E-state index in [1.54, 1.807) is 41.3 Å². The predicted molar refractivity (Wildman–Crippen MR) is 122 cm³/mol. The summed E-state index contributed by atoms with van der Waals surface area (Å²) in [6.45, 7) is 2.42. The molecule has 3 heterocycles. The van der Waals surface area contributed by atoms with Gasteiger partial charge in [-0.15, -0.1) is 0 Å². The lowest BCUT2D eigenvalue weighted by Gasteiger charge is -2.30. The summed E-state index contributed by atoms with van der Waals surface area (Å²) in [6.07, 6.45) is 6.72. The molecule has 170 valence electrons. The van der Waals surface area contributed by atoms with Gasteiger partial charge in [0.05, 0.1) is 18.2 Å². The molecular formula is C25H27N5O3. The van der Waals surface area contributed by atoms with Crippen LogP contribution in [-0.2, 0) is 39.9 Å². The van der Waals surface area contributed by atoms with Gasteiger partial charge >= 0.3 is 0 Å². The zero-order valence-electron chi connectivity index (χ0n) is 19.1. The van der Waals surface area contributed by atoms with Gasteiger partial charge in [0, 0.05) is 57.6 Å². The number of nitrogens with zero attached hydrogens (tertiary/aromatic N) is 5. The molecule has 8 heteroatoms. The van der Waals surface area contributed by atoms with Crippen LogP contribution in [0, 0.1) is 6.92 Å². The van der Waals surface area contributed by atoms with Crippen LogP contribution in [0.2, 0.25) is 0 Å². The van der Waals surface area contributed by atoms with Crippen molar-refractivity contribution in [1.29, 1.82) is 0 Å². The summed E-state index contributed by atoms with van der Waals surface area (Å²) in [6, 6.07) is 11.1. The zero-order chi connectivity index (χ0) is 23.6. The number of aromatic nitrogens is 3.